The molecule has 14 nitrogen and oxygen atoms in total. The summed E-state index contributed by atoms with van der Waals surface area (Å²) < 4.78 is 106. The first-order chi connectivity index (χ1) is 17.5. The zero-order valence-electron chi connectivity index (χ0n) is 20.7. The molecule has 0 unspecified atom stereocenters. The lowest BCUT2D eigenvalue weighted by Gasteiger charge is -2.34. The number of piperidine rings is 1. The number of halogens is 3. The van der Waals surface area contributed by atoms with Crippen molar-refractivity contribution in [2.75, 3.05) is 40.8 Å². The molecule has 0 saturated carbocycles. The summed E-state index contributed by atoms with van der Waals surface area (Å²) in [4.78, 5) is 21.0. The smallest absolute Gasteiger partial charge is 0.435 e. The number of ether oxygens (including phenoxy) is 3. The second-order valence-electron chi connectivity index (χ2n) is 8.15. The van der Waals surface area contributed by atoms with Gasteiger partial charge in [-0.2, -0.15) is 27.0 Å². The lowest BCUT2D eigenvalue weighted by molar-refractivity contribution is -0.141. The van der Waals surface area contributed by atoms with Gasteiger partial charge >= 0.3 is 12.3 Å². The van der Waals surface area contributed by atoms with Gasteiger partial charge in [-0.05, 0) is 6.92 Å². The van der Waals surface area contributed by atoms with Crippen molar-refractivity contribution in [2.45, 2.75) is 32.0 Å². The molecule has 2 aromatic rings. The van der Waals surface area contributed by atoms with E-state index in [1.165, 1.54) is 4.90 Å². The average molecular weight is 587 g/mol. The number of aryl methyl sites for hydroxylation is 1. The lowest BCUT2D eigenvalue weighted by atomic mass is 10.1. The minimum absolute atomic E-state index is 0.0485. The van der Waals surface area contributed by atoms with Gasteiger partial charge in [-0.15, -0.1) is 0 Å². The number of hydrogen-bond donors (Lipinski definition) is 0. The average Bonchev–Trinajstić information content (AvgIpc) is 3.14. The van der Waals surface area contributed by atoms with E-state index in [2.05, 4.69) is 15.1 Å². The quantitative estimate of drug-likeness (QED) is 0.413. The molecule has 1 fully saturated rings. The fraction of sp³-hybridized carbons (Fsp3) is 0.579. The van der Waals surface area contributed by atoms with Crippen molar-refractivity contribution >= 4 is 37.7 Å². The minimum atomic E-state index is -4.81. The molecule has 19 heteroatoms. The van der Waals surface area contributed by atoms with Gasteiger partial charge < -0.3 is 19.1 Å². The van der Waals surface area contributed by atoms with E-state index in [1.807, 2.05) is 0 Å². The fourth-order valence-electron chi connectivity index (χ4n) is 3.65. The number of carbonyl (C=O) groups excluding carboxylic acids is 1. The molecule has 212 valence electrons. The Hall–Kier alpha value is -3.35. The van der Waals surface area contributed by atoms with E-state index in [0.717, 1.165) is 18.1 Å². The third-order valence-corrected chi connectivity index (χ3v) is 8.34. The van der Waals surface area contributed by atoms with Crippen molar-refractivity contribution < 1.29 is 49.0 Å². The highest BCUT2D eigenvalue weighted by molar-refractivity contribution is 8.09. The van der Waals surface area contributed by atoms with Gasteiger partial charge in [0, 0.05) is 39.0 Å². The van der Waals surface area contributed by atoms with E-state index in [4.69, 9.17) is 14.2 Å². The van der Waals surface area contributed by atoms with Gasteiger partial charge in [-0.25, -0.2) is 31.3 Å². The molecule has 1 aliphatic rings. The normalized spacial score (nSPS) is 15.3. The summed E-state index contributed by atoms with van der Waals surface area (Å²) in [6, 6.07) is 0.551. The maximum atomic E-state index is 13.1. The van der Waals surface area contributed by atoms with Crippen LogP contribution in [0.15, 0.2) is 12.4 Å². The summed E-state index contributed by atoms with van der Waals surface area (Å²) in [5, 5.41) is 3.32. The topological polar surface area (TPSA) is 163 Å². The number of anilines is 2. The van der Waals surface area contributed by atoms with Gasteiger partial charge in [-0.1, -0.05) is 0 Å². The van der Waals surface area contributed by atoms with Crippen molar-refractivity contribution in [3.63, 3.8) is 0 Å². The fourth-order valence-corrected chi connectivity index (χ4v) is 6.60. The summed E-state index contributed by atoms with van der Waals surface area (Å²) in [5.74, 6) is -1.32. The van der Waals surface area contributed by atoms with Crippen LogP contribution in [-0.4, -0.2) is 81.1 Å². The number of hydrogen-bond acceptors (Lipinski definition) is 12. The minimum Gasteiger partial charge on any atom is -0.435 e. The molecule has 1 aliphatic heterocycles. The summed E-state index contributed by atoms with van der Waals surface area (Å²) in [5.41, 5.74) is -1.92. The Morgan fingerprint density at radius 2 is 1.74 bits per heavy atom. The molecule has 0 N–H and O–H groups in total. The SMILES string of the molecule is CCOC(=O)OC1CCN(c2ncnc(Oc3cc(C(F)(F)F)nn3C)c2N(S(C)(=O)=O)S(C)(=O)=O)CC1. The van der Waals surface area contributed by atoms with Gasteiger partial charge in [0.15, 0.2) is 17.2 Å². The molecule has 3 heterocycles. The Morgan fingerprint density at radius 1 is 1.13 bits per heavy atom. The lowest BCUT2D eigenvalue weighted by Crippen LogP contribution is -2.41. The molecule has 1 saturated heterocycles. The summed E-state index contributed by atoms with van der Waals surface area (Å²) in [6.45, 7) is 2.02. The zero-order valence-corrected chi connectivity index (χ0v) is 22.3. The first-order valence-corrected chi connectivity index (χ1v) is 14.6. The van der Waals surface area contributed by atoms with E-state index < -0.39 is 61.6 Å². The van der Waals surface area contributed by atoms with E-state index in [9.17, 15) is 34.8 Å². The predicted octanol–water partition coefficient (Wildman–Crippen LogP) is 1.89. The van der Waals surface area contributed by atoms with Crippen LogP contribution in [0, 0.1) is 0 Å². The molecular weight excluding hydrogens is 561 g/mol. The standard InChI is InChI=1S/C19H25F3N6O8S2/c1-5-34-18(29)35-12-6-8-27(9-7-12)16-15(28(37(3,30)31)38(4,32)33)17(24-11-23-16)36-14-10-13(19(20,21)22)25-26(14)2/h10-12H,5-9H2,1-4H3. The number of rotatable bonds is 8. The van der Waals surface area contributed by atoms with Gasteiger partial charge in [0.25, 0.3) is 5.88 Å². The van der Waals surface area contributed by atoms with Gasteiger partial charge in [0.1, 0.15) is 12.4 Å². The van der Waals surface area contributed by atoms with Crippen LogP contribution in [0.5, 0.6) is 11.8 Å². The Labute approximate surface area is 216 Å². The van der Waals surface area contributed by atoms with Crippen molar-refractivity contribution in [3.05, 3.63) is 18.1 Å². The predicted molar refractivity (Wildman–Crippen MR) is 126 cm³/mol. The van der Waals surface area contributed by atoms with Crippen molar-refractivity contribution in [1.29, 1.82) is 0 Å². The number of aromatic nitrogens is 4. The van der Waals surface area contributed by atoms with E-state index in [-0.39, 0.29) is 42.1 Å². The van der Waals surface area contributed by atoms with Crippen LogP contribution in [0.2, 0.25) is 0 Å². The summed E-state index contributed by atoms with van der Waals surface area (Å²) in [6.07, 6.45) is -3.47. The molecule has 0 radical (unpaired) electrons. The first kappa shape index (κ1) is 29.2. The molecule has 0 aromatic carbocycles. The number of nitrogens with zero attached hydrogens (tertiary/aromatic N) is 6. The first-order valence-electron chi connectivity index (χ1n) is 10.9. The van der Waals surface area contributed by atoms with Crippen molar-refractivity contribution in [1.82, 2.24) is 19.7 Å². The summed E-state index contributed by atoms with van der Waals surface area (Å²) in [7, 11) is -7.94. The third-order valence-electron chi connectivity index (χ3n) is 5.15. The van der Waals surface area contributed by atoms with Gasteiger partial charge in [0.2, 0.25) is 25.9 Å². The molecule has 38 heavy (non-hydrogen) atoms. The highest BCUT2D eigenvalue weighted by Crippen LogP contribution is 2.41. The highest BCUT2D eigenvalue weighted by Gasteiger charge is 2.38. The molecular formula is C19H25F3N6O8S2. The molecule has 0 aliphatic carbocycles. The monoisotopic (exact) mass is 586 g/mol. The highest BCUT2D eigenvalue weighted by atomic mass is 32.3. The van der Waals surface area contributed by atoms with Crippen LogP contribution in [0.4, 0.5) is 29.5 Å². The van der Waals surface area contributed by atoms with Gasteiger partial charge in [-0.3, -0.25) is 0 Å². The van der Waals surface area contributed by atoms with Gasteiger partial charge in [0.05, 0.1) is 19.1 Å². The second kappa shape index (κ2) is 10.8. The zero-order chi connectivity index (χ0) is 28.5. The molecule has 2 aromatic heterocycles. The van der Waals surface area contributed by atoms with E-state index in [0.29, 0.717) is 18.6 Å². The number of sulfonamides is 2. The molecule has 3 rings (SSSR count). The van der Waals surface area contributed by atoms with Crippen LogP contribution < -0.4 is 13.3 Å². The Kier molecular flexibility index (Phi) is 8.30. The van der Waals surface area contributed by atoms with Crippen LogP contribution in [-0.2, 0) is 42.7 Å². The van der Waals surface area contributed by atoms with Crippen LogP contribution >= 0.6 is 0 Å². The van der Waals surface area contributed by atoms with Crippen LogP contribution in [0.3, 0.4) is 0 Å². The maximum absolute atomic E-state index is 13.1. The van der Waals surface area contributed by atoms with E-state index in [1.54, 1.807) is 6.92 Å². The molecule has 0 amide bonds. The van der Waals surface area contributed by atoms with Crippen LogP contribution in [0.25, 0.3) is 0 Å². The van der Waals surface area contributed by atoms with E-state index >= 15 is 0 Å². The van der Waals surface area contributed by atoms with Crippen LogP contribution in [0.1, 0.15) is 25.5 Å². The van der Waals surface area contributed by atoms with Crippen molar-refractivity contribution in [3.8, 4) is 11.8 Å². The molecule has 0 spiro atoms. The third kappa shape index (κ3) is 6.74. The Morgan fingerprint density at radius 3 is 2.24 bits per heavy atom. The Balaban J connectivity index is 2.06. The Bertz CT molecular complexity index is 1360. The molecule has 0 bridgehead atoms. The largest absolute Gasteiger partial charge is 0.508 e. The number of alkyl halides is 3. The van der Waals surface area contributed by atoms with Crippen molar-refractivity contribution in [2.24, 2.45) is 7.05 Å². The summed E-state index contributed by atoms with van der Waals surface area (Å²) >= 11 is 0. The second-order valence-corrected chi connectivity index (χ2v) is 12.0. The maximum Gasteiger partial charge on any atom is 0.508 e. The molecule has 0 atom stereocenters. The number of carbonyl (C=O) groups is 1.